The molecule has 0 aromatic rings. The fourth-order valence-electron chi connectivity index (χ4n) is 2.72. The Morgan fingerprint density at radius 2 is 1.42 bits per heavy atom. The van der Waals surface area contributed by atoms with Gasteiger partial charge in [0.15, 0.2) is 0 Å². The highest BCUT2D eigenvalue weighted by Crippen LogP contribution is 2.13. The fraction of sp³-hybridized carbons (Fsp3) is 0.762. The molecule has 0 fully saturated rings. The summed E-state index contributed by atoms with van der Waals surface area (Å²) in [5.74, 6) is -0.877. The maximum atomic E-state index is 11.1. The van der Waals surface area contributed by atoms with Gasteiger partial charge in [0.1, 0.15) is 0 Å². The molecule has 0 aromatic carbocycles. The van der Waals surface area contributed by atoms with E-state index >= 15 is 0 Å². The lowest BCUT2D eigenvalue weighted by molar-refractivity contribution is -0.133. The minimum absolute atomic E-state index is 0.166. The van der Waals surface area contributed by atoms with Gasteiger partial charge in [0.25, 0.3) is 0 Å². The summed E-state index contributed by atoms with van der Waals surface area (Å²) >= 11 is 0. The normalized spacial score (nSPS) is 11.6. The Bertz CT molecular complexity index is 334. The van der Waals surface area contributed by atoms with E-state index in [1.165, 1.54) is 70.6 Å². The van der Waals surface area contributed by atoms with Crippen LogP contribution in [0.4, 0.5) is 0 Å². The van der Waals surface area contributed by atoms with Crippen molar-refractivity contribution in [1.82, 2.24) is 0 Å². The molecule has 24 heavy (non-hydrogen) atoms. The van der Waals surface area contributed by atoms with E-state index in [2.05, 4.69) is 13.5 Å². The van der Waals surface area contributed by atoms with Gasteiger partial charge in [0.05, 0.1) is 18.8 Å². The minimum atomic E-state index is -0.877. The number of carboxylic acid groups (broad SMARTS) is 1. The molecule has 3 nitrogen and oxygen atoms in total. The highest BCUT2D eigenvalue weighted by Gasteiger charge is 2.06. The maximum absolute atomic E-state index is 11.1. The number of rotatable bonds is 18. The standard InChI is InChI=1S/C21H38O3/c1-3-5-6-7-8-9-10-11-12-13-14-15-16-17-20(21(22)23)19-24-18-4-2/h4,17H,2-3,5-16,18-19H2,1H3,(H,22,23). The van der Waals surface area contributed by atoms with Crippen molar-refractivity contribution >= 4 is 5.97 Å². The first-order valence-corrected chi connectivity index (χ1v) is 9.83. The van der Waals surface area contributed by atoms with Gasteiger partial charge in [0.2, 0.25) is 0 Å². The number of carboxylic acids is 1. The predicted molar refractivity (Wildman–Crippen MR) is 102 cm³/mol. The number of hydrogen-bond acceptors (Lipinski definition) is 2. The highest BCUT2D eigenvalue weighted by atomic mass is 16.5. The minimum Gasteiger partial charge on any atom is -0.478 e. The van der Waals surface area contributed by atoms with E-state index in [1.807, 2.05) is 6.08 Å². The van der Waals surface area contributed by atoms with Crippen molar-refractivity contribution in [3.8, 4) is 0 Å². The van der Waals surface area contributed by atoms with Crippen molar-refractivity contribution in [2.75, 3.05) is 13.2 Å². The van der Waals surface area contributed by atoms with Gasteiger partial charge in [-0.15, -0.1) is 6.58 Å². The van der Waals surface area contributed by atoms with E-state index in [1.54, 1.807) is 6.08 Å². The summed E-state index contributed by atoms with van der Waals surface area (Å²) in [5.41, 5.74) is 0.361. The van der Waals surface area contributed by atoms with Crippen molar-refractivity contribution in [1.29, 1.82) is 0 Å². The molecule has 0 atom stereocenters. The zero-order valence-electron chi connectivity index (χ0n) is 15.7. The lowest BCUT2D eigenvalue weighted by Gasteiger charge is -2.04. The predicted octanol–water partition coefficient (Wildman–Crippen LogP) is 6.29. The molecule has 140 valence electrons. The first-order chi connectivity index (χ1) is 11.7. The Balaban J connectivity index is 3.45. The fourth-order valence-corrected chi connectivity index (χ4v) is 2.72. The van der Waals surface area contributed by atoms with Gasteiger partial charge >= 0.3 is 5.97 Å². The van der Waals surface area contributed by atoms with E-state index in [0.29, 0.717) is 12.2 Å². The first-order valence-electron chi connectivity index (χ1n) is 9.83. The van der Waals surface area contributed by atoms with E-state index in [0.717, 1.165) is 12.8 Å². The van der Waals surface area contributed by atoms with Crippen LogP contribution < -0.4 is 0 Å². The topological polar surface area (TPSA) is 46.5 Å². The Labute approximate surface area is 149 Å². The Morgan fingerprint density at radius 1 is 0.917 bits per heavy atom. The number of unbranched alkanes of at least 4 members (excludes halogenated alkanes) is 12. The van der Waals surface area contributed by atoms with Gasteiger partial charge in [-0.25, -0.2) is 4.79 Å². The van der Waals surface area contributed by atoms with Crippen molar-refractivity contribution in [2.24, 2.45) is 0 Å². The van der Waals surface area contributed by atoms with E-state index in [4.69, 9.17) is 9.84 Å². The quantitative estimate of drug-likeness (QED) is 0.181. The summed E-state index contributed by atoms with van der Waals surface area (Å²) in [6.07, 6.45) is 20.1. The van der Waals surface area contributed by atoms with Gasteiger partial charge in [0, 0.05) is 0 Å². The second-order valence-electron chi connectivity index (χ2n) is 6.52. The second-order valence-corrected chi connectivity index (χ2v) is 6.52. The van der Waals surface area contributed by atoms with Crippen LogP contribution in [0.1, 0.15) is 90.4 Å². The van der Waals surface area contributed by atoms with Gasteiger partial charge < -0.3 is 9.84 Å². The van der Waals surface area contributed by atoms with Crippen LogP contribution in [-0.4, -0.2) is 24.3 Å². The molecule has 3 heteroatoms. The van der Waals surface area contributed by atoms with Crippen LogP contribution in [0, 0.1) is 0 Å². The van der Waals surface area contributed by atoms with Gasteiger partial charge in [-0.05, 0) is 12.8 Å². The zero-order valence-corrected chi connectivity index (χ0v) is 15.7. The van der Waals surface area contributed by atoms with Crippen LogP contribution >= 0.6 is 0 Å². The molecular weight excluding hydrogens is 300 g/mol. The molecule has 0 amide bonds. The van der Waals surface area contributed by atoms with Crippen LogP contribution in [0.15, 0.2) is 24.3 Å². The summed E-state index contributed by atoms with van der Waals surface area (Å²) in [7, 11) is 0. The summed E-state index contributed by atoms with van der Waals surface area (Å²) in [6.45, 7) is 6.37. The molecule has 0 rings (SSSR count). The Hall–Kier alpha value is -1.09. The van der Waals surface area contributed by atoms with E-state index in [-0.39, 0.29) is 6.61 Å². The summed E-state index contributed by atoms with van der Waals surface area (Å²) in [5, 5.41) is 9.09. The van der Waals surface area contributed by atoms with Crippen molar-refractivity contribution in [3.63, 3.8) is 0 Å². The Morgan fingerprint density at radius 3 is 1.88 bits per heavy atom. The number of allylic oxidation sites excluding steroid dienone is 1. The molecule has 1 N–H and O–H groups in total. The number of carbonyl (C=O) groups is 1. The monoisotopic (exact) mass is 338 g/mol. The largest absolute Gasteiger partial charge is 0.478 e. The number of hydrogen-bond donors (Lipinski definition) is 1. The Kier molecular flexibility index (Phi) is 17.4. The number of ether oxygens (including phenoxy) is 1. The molecule has 0 aromatic heterocycles. The van der Waals surface area contributed by atoms with Gasteiger partial charge in [-0.2, -0.15) is 0 Å². The van der Waals surface area contributed by atoms with E-state index in [9.17, 15) is 4.79 Å². The molecule has 0 radical (unpaired) electrons. The molecule has 0 aliphatic heterocycles. The van der Waals surface area contributed by atoms with Crippen LogP contribution in [0.3, 0.4) is 0 Å². The molecule has 0 heterocycles. The zero-order chi connectivity index (χ0) is 17.9. The van der Waals surface area contributed by atoms with Crippen molar-refractivity contribution in [3.05, 3.63) is 24.3 Å². The van der Waals surface area contributed by atoms with Crippen LogP contribution in [0.2, 0.25) is 0 Å². The first kappa shape index (κ1) is 22.9. The SMILES string of the molecule is C=CCOCC(=CCCCCCCCCCCCCCC)C(=O)O. The molecule has 0 saturated carbocycles. The average molecular weight is 339 g/mol. The molecule has 0 aliphatic rings. The molecule has 0 bridgehead atoms. The molecular formula is C21H38O3. The van der Waals surface area contributed by atoms with Crippen LogP contribution in [-0.2, 0) is 9.53 Å². The van der Waals surface area contributed by atoms with Gasteiger partial charge in [-0.1, -0.05) is 89.7 Å². The molecule has 0 saturated heterocycles. The van der Waals surface area contributed by atoms with Crippen molar-refractivity contribution < 1.29 is 14.6 Å². The molecule has 0 aliphatic carbocycles. The lowest BCUT2D eigenvalue weighted by Crippen LogP contribution is -2.08. The van der Waals surface area contributed by atoms with Crippen LogP contribution in [0.25, 0.3) is 0 Å². The van der Waals surface area contributed by atoms with Gasteiger partial charge in [-0.3, -0.25) is 0 Å². The lowest BCUT2D eigenvalue weighted by atomic mass is 10.0. The molecule has 0 spiro atoms. The van der Waals surface area contributed by atoms with E-state index < -0.39 is 5.97 Å². The smallest absolute Gasteiger partial charge is 0.333 e. The average Bonchev–Trinajstić information content (AvgIpc) is 2.57. The summed E-state index contributed by atoms with van der Waals surface area (Å²) in [4.78, 5) is 11.1. The summed E-state index contributed by atoms with van der Waals surface area (Å²) < 4.78 is 5.20. The third kappa shape index (κ3) is 15.8. The third-order valence-corrected chi connectivity index (χ3v) is 4.22. The van der Waals surface area contributed by atoms with Crippen LogP contribution in [0.5, 0.6) is 0 Å². The maximum Gasteiger partial charge on any atom is 0.333 e. The third-order valence-electron chi connectivity index (χ3n) is 4.22. The number of aliphatic carboxylic acids is 1. The highest BCUT2D eigenvalue weighted by molar-refractivity contribution is 5.86. The molecule has 0 unspecified atom stereocenters. The van der Waals surface area contributed by atoms with Crippen molar-refractivity contribution in [2.45, 2.75) is 90.4 Å². The second kappa shape index (κ2) is 18.3. The summed E-state index contributed by atoms with van der Waals surface area (Å²) in [6, 6.07) is 0.